The van der Waals surface area contributed by atoms with Crippen LogP contribution in [0, 0.1) is 5.92 Å². The van der Waals surface area contributed by atoms with Crippen LogP contribution in [0.5, 0.6) is 0 Å². The standard InChI is InChI=1S/C22H27N3O4/c1-12-15(21(27)29-7)16(13-10-8-9-11-14(13)20(26)28-6)17-18(22(2,3)4)24-25(5)19(17)23-12/h8-11,15-16H,1-7H3. The number of benzene rings is 1. The Balaban J connectivity index is 2.39. The van der Waals surface area contributed by atoms with E-state index in [2.05, 4.69) is 20.8 Å². The largest absolute Gasteiger partial charge is 0.468 e. The minimum absolute atomic E-state index is 0.286. The first-order valence-corrected chi connectivity index (χ1v) is 9.49. The van der Waals surface area contributed by atoms with Gasteiger partial charge in [-0.25, -0.2) is 9.79 Å². The molecule has 0 radical (unpaired) electrons. The fraction of sp³-hybridized carbons (Fsp3) is 0.455. The third-order valence-corrected chi connectivity index (χ3v) is 5.30. The van der Waals surface area contributed by atoms with Crippen molar-refractivity contribution in [1.29, 1.82) is 0 Å². The molecule has 0 bridgehead atoms. The number of carbonyl (C=O) groups is 2. The van der Waals surface area contributed by atoms with Crippen LogP contribution < -0.4 is 0 Å². The number of aromatic nitrogens is 2. The summed E-state index contributed by atoms with van der Waals surface area (Å²) in [6.45, 7) is 8.01. The van der Waals surface area contributed by atoms with Crippen LogP contribution in [-0.2, 0) is 26.7 Å². The number of fused-ring (bicyclic) bond motifs is 1. The van der Waals surface area contributed by atoms with Crippen molar-refractivity contribution in [2.75, 3.05) is 14.2 Å². The van der Waals surface area contributed by atoms with Crippen molar-refractivity contribution in [3.8, 4) is 0 Å². The number of hydrogen-bond acceptors (Lipinski definition) is 6. The van der Waals surface area contributed by atoms with Crippen molar-refractivity contribution in [2.24, 2.45) is 18.0 Å². The lowest BCUT2D eigenvalue weighted by molar-refractivity contribution is -0.143. The van der Waals surface area contributed by atoms with E-state index in [1.54, 1.807) is 16.8 Å². The number of methoxy groups -OCH3 is 2. The van der Waals surface area contributed by atoms with Gasteiger partial charge in [0.15, 0.2) is 5.82 Å². The predicted octanol–water partition coefficient (Wildman–Crippen LogP) is 3.53. The maximum absolute atomic E-state index is 12.8. The molecule has 154 valence electrons. The van der Waals surface area contributed by atoms with E-state index in [0.29, 0.717) is 22.7 Å². The molecule has 1 aromatic heterocycles. The smallest absolute Gasteiger partial charge is 0.338 e. The van der Waals surface area contributed by atoms with E-state index in [0.717, 1.165) is 11.3 Å². The predicted molar refractivity (Wildman–Crippen MR) is 110 cm³/mol. The highest BCUT2D eigenvalue weighted by Gasteiger charge is 2.44. The van der Waals surface area contributed by atoms with Gasteiger partial charge in [0.1, 0.15) is 5.92 Å². The molecule has 1 aliphatic heterocycles. The molecule has 1 aromatic carbocycles. The van der Waals surface area contributed by atoms with E-state index in [4.69, 9.17) is 19.6 Å². The van der Waals surface area contributed by atoms with Gasteiger partial charge in [-0.15, -0.1) is 0 Å². The van der Waals surface area contributed by atoms with Crippen LogP contribution in [0.1, 0.15) is 60.8 Å². The summed E-state index contributed by atoms with van der Waals surface area (Å²) < 4.78 is 11.9. The molecule has 7 heteroatoms. The van der Waals surface area contributed by atoms with Crippen LogP contribution in [0.15, 0.2) is 29.3 Å². The summed E-state index contributed by atoms with van der Waals surface area (Å²) in [5.74, 6) is -1.29. The van der Waals surface area contributed by atoms with E-state index >= 15 is 0 Å². The maximum Gasteiger partial charge on any atom is 0.338 e. The summed E-state index contributed by atoms with van der Waals surface area (Å²) >= 11 is 0. The lowest BCUT2D eigenvalue weighted by Crippen LogP contribution is -2.34. The molecule has 0 saturated heterocycles. The lowest BCUT2D eigenvalue weighted by atomic mass is 9.72. The highest BCUT2D eigenvalue weighted by Crippen LogP contribution is 2.47. The van der Waals surface area contributed by atoms with E-state index in [1.165, 1.54) is 14.2 Å². The Morgan fingerprint density at radius 2 is 1.76 bits per heavy atom. The lowest BCUT2D eigenvalue weighted by Gasteiger charge is -2.32. The van der Waals surface area contributed by atoms with Crippen LogP contribution >= 0.6 is 0 Å². The van der Waals surface area contributed by atoms with Crippen LogP contribution in [-0.4, -0.2) is 41.7 Å². The molecule has 2 unspecified atom stereocenters. The van der Waals surface area contributed by atoms with Crippen molar-refractivity contribution in [1.82, 2.24) is 9.78 Å². The topological polar surface area (TPSA) is 82.8 Å². The van der Waals surface area contributed by atoms with Crippen LogP contribution in [0.3, 0.4) is 0 Å². The summed E-state index contributed by atoms with van der Waals surface area (Å²) in [5.41, 5.74) is 3.13. The number of nitrogens with zero attached hydrogens (tertiary/aromatic N) is 3. The Bertz CT molecular complexity index is 998. The van der Waals surface area contributed by atoms with Crippen molar-refractivity contribution in [3.05, 3.63) is 46.6 Å². The van der Waals surface area contributed by atoms with Crippen LogP contribution in [0.2, 0.25) is 0 Å². The van der Waals surface area contributed by atoms with E-state index in [9.17, 15) is 9.59 Å². The zero-order valence-corrected chi connectivity index (χ0v) is 17.9. The number of ether oxygens (including phenoxy) is 2. The van der Waals surface area contributed by atoms with Crippen molar-refractivity contribution in [2.45, 2.75) is 39.0 Å². The molecule has 1 aliphatic rings. The minimum Gasteiger partial charge on any atom is -0.468 e. The van der Waals surface area contributed by atoms with Gasteiger partial charge < -0.3 is 9.47 Å². The zero-order chi connectivity index (χ0) is 21.5. The molecule has 0 spiro atoms. The molecule has 0 fully saturated rings. The Hall–Kier alpha value is -2.96. The third-order valence-electron chi connectivity index (χ3n) is 5.30. The number of carbonyl (C=O) groups excluding carboxylic acids is 2. The molecule has 2 heterocycles. The number of aryl methyl sites for hydroxylation is 1. The molecule has 2 atom stereocenters. The van der Waals surface area contributed by atoms with Gasteiger partial charge in [0.2, 0.25) is 0 Å². The summed E-state index contributed by atoms with van der Waals surface area (Å²) in [6, 6.07) is 7.20. The maximum atomic E-state index is 12.8. The second kappa shape index (κ2) is 7.46. The summed E-state index contributed by atoms with van der Waals surface area (Å²) in [4.78, 5) is 30.1. The first kappa shape index (κ1) is 20.8. The summed E-state index contributed by atoms with van der Waals surface area (Å²) in [6.07, 6.45) is 0. The highest BCUT2D eigenvalue weighted by molar-refractivity contribution is 6.05. The normalized spacial score (nSPS) is 18.7. The zero-order valence-electron chi connectivity index (χ0n) is 17.9. The van der Waals surface area contributed by atoms with Crippen molar-refractivity contribution >= 4 is 23.5 Å². The van der Waals surface area contributed by atoms with Gasteiger partial charge in [-0.2, -0.15) is 5.10 Å². The second-order valence-electron chi connectivity index (χ2n) is 8.27. The Kier molecular flexibility index (Phi) is 5.34. The average Bonchev–Trinajstić information content (AvgIpc) is 3.02. The number of rotatable bonds is 3. The van der Waals surface area contributed by atoms with Gasteiger partial charge in [0.25, 0.3) is 0 Å². The van der Waals surface area contributed by atoms with Gasteiger partial charge >= 0.3 is 11.9 Å². The fourth-order valence-electron chi connectivity index (χ4n) is 3.98. The summed E-state index contributed by atoms with van der Waals surface area (Å²) in [5, 5.41) is 4.73. The minimum atomic E-state index is -0.663. The van der Waals surface area contributed by atoms with Crippen molar-refractivity contribution < 1.29 is 19.1 Å². The molecule has 2 aromatic rings. The second-order valence-corrected chi connectivity index (χ2v) is 8.27. The molecule has 0 N–H and O–H groups in total. The Morgan fingerprint density at radius 3 is 2.34 bits per heavy atom. The quantitative estimate of drug-likeness (QED) is 0.740. The van der Waals surface area contributed by atoms with Gasteiger partial charge in [-0.3, -0.25) is 9.48 Å². The molecule has 7 nitrogen and oxygen atoms in total. The monoisotopic (exact) mass is 397 g/mol. The molecule has 0 amide bonds. The molecular formula is C22H27N3O4. The number of hydrogen-bond donors (Lipinski definition) is 0. The highest BCUT2D eigenvalue weighted by atomic mass is 16.5. The summed E-state index contributed by atoms with van der Waals surface area (Å²) in [7, 11) is 4.55. The average molecular weight is 397 g/mol. The van der Waals surface area contributed by atoms with E-state index in [-0.39, 0.29) is 5.41 Å². The molecular weight excluding hydrogens is 370 g/mol. The first-order valence-electron chi connectivity index (χ1n) is 9.49. The SMILES string of the molecule is COC(=O)c1ccccc1C1c2c(C(C)(C)C)nn(C)c2N=C(C)C1C(=O)OC. The van der Waals surface area contributed by atoms with Crippen molar-refractivity contribution in [3.63, 3.8) is 0 Å². The number of esters is 2. The van der Waals surface area contributed by atoms with E-state index < -0.39 is 23.8 Å². The van der Waals surface area contributed by atoms with Gasteiger partial charge in [0.05, 0.1) is 25.5 Å². The Labute approximate surface area is 170 Å². The fourth-order valence-corrected chi connectivity index (χ4v) is 3.98. The number of aliphatic imine (C=N–C) groups is 1. The Morgan fingerprint density at radius 1 is 1.10 bits per heavy atom. The molecule has 0 saturated carbocycles. The van der Waals surface area contributed by atoms with Crippen LogP contribution in [0.4, 0.5) is 5.82 Å². The van der Waals surface area contributed by atoms with Crippen LogP contribution in [0.25, 0.3) is 0 Å². The molecule has 29 heavy (non-hydrogen) atoms. The first-order chi connectivity index (χ1) is 13.6. The third kappa shape index (κ3) is 3.45. The molecule has 3 rings (SSSR count). The van der Waals surface area contributed by atoms with E-state index in [1.807, 2.05) is 26.1 Å². The molecule has 0 aliphatic carbocycles. The van der Waals surface area contributed by atoms with Gasteiger partial charge in [-0.1, -0.05) is 39.0 Å². The van der Waals surface area contributed by atoms with Gasteiger partial charge in [0, 0.05) is 29.7 Å². The van der Waals surface area contributed by atoms with Gasteiger partial charge in [-0.05, 0) is 18.6 Å².